The van der Waals surface area contributed by atoms with E-state index in [1.807, 2.05) is 6.07 Å². The normalized spacial score (nSPS) is 10.1. The number of hydrogen-bond acceptors (Lipinski definition) is 1. The first-order valence-corrected chi connectivity index (χ1v) is 4.99. The SMILES string of the molecule is CC(C)Cc1ccccc1NC=S. The summed E-state index contributed by atoms with van der Waals surface area (Å²) >= 11 is 4.77. The van der Waals surface area contributed by atoms with E-state index in [4.69, 9.17) is 12.2 Å². The van der Waals surface area contributed by atoms with Gasteiger partial charge in [-0.25, -0.2) is 0 Å². The van der Waals surface area contributed by atoms with Crippen LogP contribution in [0.15, 0.2) is 24.3 Å². The van der Waals surface area contributed by atoms with Gasteiger partial charge in [-0.05, 0) is 24.0 Å². The first-order valence-electron chi connectivity index (χ1n) is 4.52. The van der Waals surface area contributed by atoms with E-state index in [0.717, 1.165) is 12.1 Å². The van der Waals surface area contributed by atoms with Gasteiger partial charge in [-0.1, -0.05) is 44.3 Å². The second kappa shape index (κ2) is 4.97. The molecular formula is C11H15NS. The van der Waals surface area contributed by atoms with Gasteiger partial charge >= 0.3 is 0 Å². The zero-order valence-electron chi connectivity index (χ0n) is 8.08. The van der Waals surface area contributed by atoms with Crippen molar-refractivity contribution in [3.63, 3.8) is 0 Å². The highest BCUT2D eigenvalue weighted by atomic mass is 32.1. The second-order valence-electron chi connectivity index (χ2n) is 3.52. The molecule has 0 aliphatic rings. The lowest BCUT2D eigenvalue weighted by atomic mass is 10.0. The number of nitrogens with one attached hydrogen (secondary N) is 1. The number of benzene rings is 1. The first kappa shape index (κ1) is 10.2. The van der Waals surface area contributed by atoms with Gasteiger partial charge in [0.1, 0.15) is 0 Å². The van der Waals surface area contributed by atoms with Crippen molar-refractivity contribution in [1.82, 2.24) is 0 Å². The predicted octanol–water partition coefficient (Wildman–Crippen LogP) is 3.25. The Balaban J connectivity index is 2.83. The molecule has 0 atom stereocenters. The Morgan fingerprint density at radius 1 is 1.38 bits per heavy atom. The highest BCUT2D eigenvalue weighted by Crippen LogP contribution is 2.17. The third-order valence-corrected chi connectivity index (χ3v) is 1.98. The molecule has 1 aromatic carbocycles. The van der Waals surface area contributed by atoms with Crippen molar-refractivity contribution >= 4 is 23.4 Å². The lowest BCUT2D eigenvalue weighted by Crippen LogP contribution is -2.00. The molecule has 0 unspecified atom stereocenters. The summed E-state index contributed by atoms with van der Waals surface area (Å²) in [6.07, 6.45) is 1.09. The Morgan fingerprint density at radius 2 is 2.08 bits per heavy atom. The van der Waals surface area contributed by atoms with Gasteiger partial charge in [0.05, 0.1) is 5.49 Å². The zero-order chi connectivity index (χ0) is 9.68. The monoisotopic (exact) mass is 193 g/mol. The van der Waals surface area contributed by atoms with Crippen LogP contribution in [0.5, 0.6) is 0 Å². The molecule has 1 N–H and O–H groups in total. The van der Waals surface area contributed by atoms with Crippen molar-refractivity contribution in [3.8, 4) is 0 Å². The maximum atomic E-state index is 4.77. The maximum absolute atomic E-state index is 4.77. The van der Waals surface area contributed by atoms with Crippen LogP contribution in [0.3, 0.4) is 0 Å². The number of hydrogen-bond donors (Lipinski definition) is 1. The summed E-state index contributed by atoms with van der Waals surface area (Å²) in [5.74, 6) is 0.674. The van der Waals surface area contributed by atoms with Crippen LogP contribution in [-0.4, -0.2) is 5.49 Å². The maximum Gasteiger partial charge on any atom is 0.0659 e. The van der Waals surface area contributed by atoms with E-state index >= 15 is 0 Å². The highest BCUT2D eigenvalue weighted by Gasteiger charge is 2.01. The van der Waals surface area contributed by atoms with Crippen LogP contribution in [0.2, 0.25) is 0 Å². The van der Waals surface area contributed by atoms with Gasteiger partial charge in [0.2, 0.25) is 0 Å². The average molecular weight is 193 g/mol. The van der Waals surface area contributed by atoms with Gasteiger partial charge in [0.15, 0.2) is 0 Å². The molecule has 1 rings (SSSR count). The van der Waals surface area contributed by atoms with Gasteiger partial charge in [-0.3, -0.25) is 0 Å². The van der Waals surface area contributed by atoms with Crippen molar-refractivity contribution in [3.05, 3.63) is 29.8 Å². The number of para-hydroxylation sites is 1. The Kier molecular flexibility index (Phi) is 3.90. The highest BCUT2D eigenvalue weighted by molar-refractivity contribution is 7.79. The van der Waals surface area contributed by atoms with Crippen LogP contribution in [0, 0.1) is 5.92 Å². The fourth-order valence-corrected chi connectivity index (χ4v) is 1.47. The summed E-state index contributed by atoms with van der Waals surface area (Å²) in [7, 11) is 0. The van der Waals surface area contributed by atoms with Gasteiger partial charge in [-0.2, -0.15) is 0 Å². The largest absolute Gasteiger partial charge is 0.352 e. The molecule has 0 bridgehead atoms. The summed E-state index contributed by atoms with van der Waals surface area (Å²) < 4.78 is 0. The van der Waals surface area contributed by atoms with Gasteiger partial charge in [-0.15, -0.1) is 0 Å². The lowest BCUT2D eigenvalue weighted by molar-refractivity contribution is 0.648. The van der Waals surface area contributed by atoms with E-state index in [1.165, 1.54) is 5.56 Å². The molecule has 0 radical (unpaired) electrons. The molecule has 0 saturated heterocycles. The molecular weight excluding hydrogens is 178 g/mol. The van der Waals surface area contributed by atoms with E-state index in [1.54, 1.807) is 5.49 Å². The van der Waals surface area contributed by atoms with Gasteiger partial charge in [0, 0.05) is 5.69 Å². The molecule has 0 heterocycles. The first-order chi connectivity index (χ1) is 6.24. The fraction of sp³-hybridized carbons (Fsp3) is 0.364. The van der Waals surface area contributed by atoms with Crippen molar-refractivity contribution in [2.45, 2.75) is 20.3 Å². The minimum absolute atomic E-state index is 0.674. The van der Waals surface area contributed by atoms with Crippen LogP contribution >= 0.6 is 12.2 Å². The molecule has 0 aromatic heterocycles. The van der Waals surface area contributed by atoms with Crippen LogP contribution in [0.4, 0.5) is 5.69 Å². The summed E-state index contributed by atoms with van der Waals surface area (Å²) in [6, 6.07) is 8.28. The van der Waals surface area contributed by atoms with E-state index in [9.17, 15) is 0 Å². The molecule has 1 aromatic rings. The number of rotatable bonds is 4. The Morgan fingerprint density at radius 3 is 2.69 bits per heavy atom. The molecule has 13 heavy (non-hydrogen) atoms. The molecule has 70 valence electrons. The summed E-state index contributed by atoms with van der Waals surface area (Å²) in [6.45, 7) is 4.43. The van der Waals surface area contributed by atoms with Crippen LogP contribution in [-0.2, 0) is 6.42 Å². The summed E-state index contributed by atoms with van der Waals surface area (Å²) in [5.41, 5.74) is 4.02. The Labute approximate surface area is 85.2 Å². The quantitative estimate of drug-likeness (QED) is 0.737. The third-order valence-electron chi connectivity index (χ3n) is 1.86. The predicted molar refractivity (Wildman–Crippen MR) is 62.3 cm³/mol. The topological polar surface area (TPSA) is 12.0 Å². The summed E-state index contributed by atoms with van der Waals surface area (Å²) in [4.78, 5) is 0. The third kappa shape index (κ3) is 3.15. The number of anilines is 1. The van der Waals surface area contributed by atoms with Crippen LogP contribution in [0.25, 0.3) is 0 Å². The molecule has 0 spiro atoms. The van der Waals surface area contributed by atoms with E-state index in [2.05, 4.69) is 37.4 Å². The molecule has 0 amide bonds. The van der Waals surface area contributed by atoms with Gasteiger partial charge in [0.25, 0.3) is 0 Å². The van der Waals surface area contributed by atoms with Crippen LogP contribution < -0.4 is 5.32 Å². The Hall–Kier alpha value is -0.890. The molecule has 0 aliphatic carbocycles. The summed E-state index contributed by atoms with van der Waals surface area (Å²) in [5, 5.41) is 3.07. The fourth-order valence-electron chi connectivity index (χ4n) is 1.34. The van der Waals surface area contributed by atoms with Crippen molar-refractivity contribution in [1.29, 1.82) is 0 Å². The smallest absolute Gasteiger partial charge is 0.0659 e. The molecule has 2 heteroatoms. The second-order valence-corrected chi connectivity index (χ2v) is 3.75. The van der Waals surface area contributed by atoms with E-state index < -0.39 is 0 Å². The molecule has 1 nitrogen and oxygen atoms in total. The zero-order valence-corrected chi connectivity index (χ0v) is 8.90. The lowest BCUT2D eigenvalue weighted by Gasteiger charge is -2.10. The van der Waals surface area contributed by atoms with Crippen molar-refractivity contribution in [2.75, 3.05) is 5.32 Å². The standard InChI is InChI=1S/C11H15NS/c1-9(2)7-10-5-3-4-6-11(10)12-8-13/h3-6,8-9H,7H2,1-2H3,(H,12,13). The van der Waals surface area contributed by atoms with E-state index in [0.29, 0.717) is 5.92 Å². The Bertz CT molecular complexity index is 281. The molecule has 0 saturated carbocycles. The molecule has 0 aliphatic heterocycles. The minimum Gasteiger partial charge on any atom is -0.352 e. The average Bonchev–Trinajstić information content (AvgIpc) is 2.08. The van der Waals surface area contributed by atoms with Gasteiger partial charge < -0.3 is 5.32 Å². The molecule has 0 fully saturated rings. The minimum atomic E-state index is 0.674. The van der Waals surface area contributed by atoms with E-state index in [-0.39, 0.29) is 0 Å². The number of thiocarbonyl (C=S) groups is 1. The van der Waals surface area contributed by atoms with Crippen molar-refractivity contribution < 1.29 is 0 Å². The van der Waals surface area contributed by atoms with Crippen molar-refractivity contribution in [2.24, 2.45) is 5.92 Å². The van der Waals surface area contributed by atoms with Crippen LogP contribution in [0.1, 0.15) is 19.4 Å².